The highest BCUT2D eigenvalue weighted by Gasteiger charge is 2.26. The maximum atomic E-state index is 13.3. The van der Waals surface area contributed by atoms with Gasteiger partial charge >= 0.3 is 0 Å². The second-order valence-corrected chi connectivity index (χ2v) is 11.4. The van der Waals surface area contributed by atoms with E-state index in [1.54, 1.807) is 36.6 Å². The quantitative estimate of drug-likeness (QED) is 0.290. The third kappa shape index (κ3) is 5.99. The molecule has 0 saturated heterocycles. The Kier molecular flexibility index (Phi) is 7.65. The van der Waals surface area contributed by atoms with Gasteiger partial charge in [-0.3, -0.25) is 4.79 Å². The van der Waals surface area contributed by atoms with Gasteiger partial charge in [0.15, 0.2) is 5.65 Å². The Morgan fingerprint density at radius 1 is 1.14 bits per heavy atom. The first kappa shape index (κ1) is 26.7. The number of aromatic nitrogens is 3. The Balaban J connectivity index is 1.68. The largest absolute Gasteiger partial charge is 0.394 e. The number of benzene rings is 2. The zero-order chi connectivity index (χ0) is 26.8. The first-order valence-electron chi connectivity index (χ1n) is 11.7. The monoisotopic (exact) mass is 541 g/mol. The molecule has 4 rings (SSSR count). The molecule has 2 aromatic heterocycles. The molecular formula is C26H28ClN5O4S. The zero-order valence-corrected chi connectivity index (χ0v) is 22.3. The van der Waals surface area contributed by atoms with Crippen LogP contribution in [0.1, 0.15) is 43.2 Å². The lowest BCUT2D eigenvalue weighted by atomic mass is 10.1. The number of anilines is 1. The summed E-state index contributed by atoms with van der Waals surface area (Å²) in [5.41, 5.74) is 2.34. The molecule has 194 valence electrons. The van der Waals surface area contributed by atoms with Crippen molar-refractivity contribution in [1.82, 2.24) is 19.3 Å². The number of aryl methyl sites for hydroxylation is 1. The summed E-state index contributed by atoms with van der Waals surface area (Å²) in [4.78, 5) is 17.9. The number of carbonyl (C=O) groups excluding carboxylic acids is 1. The molecule has 0 fully saturated rings. The van der Waals surface area contributed by atoms with Gasteiger partial charge in [-0.05, 0) is 56.7 Å². The molecule has 3 N–H and O–H groups in total. The van der Waals surface area contributed by atoms with E-state index in [4.69, 9.17) is 16.6 Å². The van der Waals surface area contributed by atoms with Gasteiger partial charge in [0.05, 0.1) is 28.9 Å². The number of rotatable bonds is 9. The first-order chi connectivity index (χ1) is 17.5. The summed E-state index contributed by atoms with van der Waals surface area (Å²) >= 11 is 6.04. The Bertz CT molecular complexity index is 1550. The molecule has 0 saturated carbocycles. The number of nitrogens with one attached hydrogen (secondary N) is 2. The lowest BCUT2D eigenvalue weighted by molar-refractivity contribution is 0.102. The highest BCUT2D eigenvalue weighted by atomic mass is 35.5. The highest BCUT2D eigenvalue weighted by molar-refractivity contribution is 7.89. The summed E-state index contributed by atoms with van der Waals surface area (Å²) in [7, 11) is -3.93. The molecule has 0 aliphatic heterocycles. The van der Waals surface area contributed by atoms with Gasteiger partial charge in [-0.25, -0.2) is 22.6 Å². The topological polar surface area (TPSA) is 126 Å². The molecule has 11 heteroatoms. The van der Waals surface area contributed by atoms with Crippen molar-refractivity contribution < 1.29 is 18.3 Å². The van der Waals surface area contributed by atoms with E-state index in [-0.39, 0.29) is 22.8 Å². The third-order valence-corrected chi connectivity index (χ3v) is 7.59. The van der Waals surface area contributed by atoms with Crippen molar-refractivity contribution in [2.24, 2.45) is 0 Å². The second kappa shape index (κ2) is 10.6. The highest BCUT2D eigenvalue weighted by Crippen LogP contribution is 2.25. The maximum absolute atomic E-state index is 13.3. The summed E-state index contributed by atoms with van der Waals surface area (Å²) < 4.78 is 29.7. The van der Waals surface area contributed by atoms with Gasteiger partial charge in [-0.15, -0.1) is 0 Å². The lowest BCUT2D eigenvalue weighted by Gasteiger charge is -2.23. The van der Waals surface area contributed by atoms with Gasteiger partial charge in [-0.2, -0.15) is 5.10 Å². The van der Waals surface area contributed by atoms with Crippen LogP contribution in [0.5, 0.6) is 0 Å². The summed E-state index contributed by atoms with van der Waals surface area (Å²) in [6.07, 6.45) is 3.07. The fourth-order valence-corrected chi connectivity index (χ4v) is 5.36. The van der Waals surface area contributed by atoms with Crippen molar-refractivity contribution >= 4 is 38.9 Å². The van der Waals surface area contributed by atoms with E-state index < -0.39 is 21.5 Å². The molecule has 0 spiro atoms. The van der Waals surface area contributed by atoms with Crippen LogP contribution in [0, 0.1) is 0 Å². The number of hydrogen-bond donors (Lipinski definition) is 3. The van der Waals surface area contributed by atoms with Crippen LogP contribution in [0.4, 0.5) is 5.69 Å². The van der Waals surface area contributed by atoms with Crippen molar-refractivity contribution in [3.05, 3.63) is 77.1 Å². The van der Waals surface area contributed by atoms with Crippen LogP contribution in [0.25, 0.3) is 16.9 Å². The van der Waals surface area contributed by atoms with Crippen LogP contribution in [0.2, 0.25) is 5.02 Å². The Labute approximate surface area is 220 Å². The number of sulfonamides is 1. The fourth-order valence-electron chi connectivity index (χ4n) is 3.78. The van der Waals surface area contributed by atoms with Gasteiger partial charge < -0.3 is 10.4 Å². The predicted molar refractivity (Wildman–Crippen MR) is 143 cm³/mol. The fraction of sp³-hybridized carbons (Fsp3) is 0.269. The smallest absolute Gasteiger partial charge is 0.261 e. The SMILES string of the molecule is CCCc1cc(-c2ccc(Cl)cc2)nc2c(C(=O)Nc3cccc(S(=O)(=O)NC(C)(C)CO)c3)cnn12. The van der Waals surface area contributed by atoms with Crippen molar-refractivity contribution in [2.45, 2.75) is 44.0 Å². The number of aliphatic hydroxyl groups excluding tert-OH is 1. The van der Waals surface area contributed by atoms with Crippen LogP contribution in [-0.4, -0.2) is 46.2 Å². The molecule has 2 aromatic carbocycles. The molecule has 2 heterocycles. The molecule has 0 bridgehead atoms. The number of carbonyl (C=O) groups is 1. The van der Waals surface area contributed by atoms with E-state index in [9.17, 15) is 18.3 Å². The van der Waals surface area contributed by atoms with Crippen LogP contribution >= 0.6 is 11.6 Å². The minimum absolute atomic E-state index is 0.0416. The van der Waals surface area contributed by atoms with Gasteiger partial charge in [0.25, 0.3) is 5.91 Å². The molecule has 37 heavy (non-hydrogen) atoms. The van der Waals surface area contributed by atoms with Crippen LogP contribution in [-0.2, 0) is 16.4 Å². The number of halogens is 1. The third-order valence-electron chi connectivity index (χ3n) is 5.64. The summed E-state index contributed by atoms with van der Waals surface area (Å²) in [6, 6.07) is 15.1. The minimum atomic E-state index is -3.93. The van der Waals surface area contributed by atoms with Gasteiger partial charge in [0.2, 0.25) is 10.0 Å². The molecule has 0 aliphatic rings. The molecule has 0 unspecified atom stereocenters. The van der Waals surface area contributed by atoms with E-state index in [0.717, 1.165) is 24.1 Å². The van der Waals surface area contributed by atoms with Crippen molar-refractivity contribution in [3.63, 3.8) is 0 Å². The average molecular weight is 542 g/mol. The van der Waals surface area contributed by atoms with Crippen LogP contribution in [0.3, 0.4) is 0 Å². The Morgan fingerprint density at radius 2 is 1.86 bits per heavy atom. The normalized spacial score (nSPS) is 12.1. The standard InChI is InChI=1S/C26H28ClN5O4S/c1-4-6-20-14-23(17-9-11-18(27)12-10-17)30-24-22(15-28-32(20)24)25(34)29-19-7-5-8-21(13-19)37(35,36)31-26(2,3)16-33/h5,7-15,31,33H,4,6,16H2,1-3H3,(H,29,34). The summed E-state index contributed by atoms with van der Waals surface area (Å²) in [5.74, 6) is -0.476. The minimum Gasteiger partial charge on any atom is -0.394 e. The number of amides is 1. The number of nitrogens with zero attached hydrogens (tertiary/aromatic N) is 3. The van der Waals surface area contributed by atoms with E-state index in [1.807, 2.05) is 18.2 Å². The molecule has 1 amide bonds. The molecule has 0 radical (unpaired) electrons. The summed E-state index contributed by atoms with van der Waals surface area (Å²) in [5, 5.41) is 17.2. The molecule has 9 nitrogen and oxygen atoms in total. The van der Waals surface area contributed by atoms with E-state index in [2.05, 4.69) is 22.1 Å². The Hall–Kier alpha value is -3.31. The van der Waals surface area contributed by atoms with E-state index in [1.165, 1.54) is 24.4 Å². The number of fused-ring (bicyclic) bond motifs is 1. The van der Waals surface area contributed by atoms with Crippen LogP contribution < -0.4 is 10.0 Å². The Morgan fingerprint density at radius 3 is 2.54 bits per heavy atom. The zero-order valence-electron chi connectivity index (χ0n) is 20.7. The van der Waals surface area contributed by atoms with Gasteiger partial charge in [-0.1, -0.05) is 43.1 Å². The predicted octanol–water partition coefficient (Wildman–Crippen LogP) is 4.30. The van der Waals surface area contributed by atoms with E-state index >= 15 is 0 Å². The average Bonchev–Trinajstić information content (AvgIpc) is 3.29. The maximum Gasteiger partial charge on any atom is 0.261 e. The molecule has 0 atom stereocenters. The van der Waals surface area contributed by atoms with Crippen molar-refractivity contribution in [3.8, 4) is 11.3 Å². The second-order valence-electron chi connectivity index (χ2n) is 9.31. The van der Waals surface area contributed by atoms with Crippen molar-refractivity contribution in [2.75, 3.05) is 11.9 Å². The van der Waals surface area contributed by atoms with E-state index in [0.29, 0.717) is 16.4 Å². The van der Waals surface area contributed by atoms with Gasteiger partial charge in [0, 0.05) is 22.0 Å². The van der Waals surface area contributed by atoms with Crippen molar-refractivity contribution in [1.29, 1.82) is 0 Å². The molecule has 4 aromatic rings. The molecule has 0 aliphatic carbocycles. The molecular weight excluding hydrogens is 514 g/mol. The van der Waals surface area contributed by atoms with Crippen LogP contribution in [0.15, 0.2) is 65.7 Å². The summed E-state index contributed by atoms with van der Waals surface area (Å²) in [6.45, 7) is 4.82. The lowest BCUT2D eigenvalue weighted by Crippen LogP contribution is -2.46. The first-order valence-corrected chi connectivity index (χ1v) is 13.6. The number of aliphatic hydroxyl groups is 1. The number of hydrogen-bond acceptors (Lipinski definition) is 6. The van der Waals surface area contributed by atoms with Gasteiger partial charge in [0.1, 0.15) is 5.56 Å².